The number of piperazine rings is 1. The van der Waals surface area contributed by atoms with Crippen molar-refractivity contribution in [1.29, 1.82) is 0 Å². The zero-order valence-electron chi connectivity index (χ0n) is 18.1. The zero-order chi connectivity index (χ0) is 21.8. The number of hydrogen-bond donors (Lipinski definition) is 0. The number of rotatable bonds is 4. The highest BCUT2D eigenvalue weighted by atomic mass is 16.5. The van der Waals surface area contributed by atoms with Gasteiger partial charge in [0, 0.05) is 57.3 Å². The lowest BCUT2D eigenvalue weighted by Gasteiger charge is -2.43. The van der Waals surface area contributed by atoms with E-state index in [1.54, 1.807) is 12.4 Å². The molecule has 2 aliphatic rings. The molecule has 2 fully saturated rings. The maximum Gasteiger partial charge on any atom is 0.233 e. The van der Waals surface area contributed by atoms with Gasteiger partial charge in [-0.2, -0.15) is 0 Å². The van der Waals surface area contributed by atoms with Gasteiger partial charge in [-0.1, -0.05) is 30.3 Å². The van der Waals surface area contributed by atoms with Crippen molar-refractivity contribution in [3.63, 3.8) is 0 Å². The first kappa shape index (κ1) is 20.6. The number of ether oxygens (including phenoxy) is 1. The molecule has 1 amide bonds. The molecule has 7 nitrogen and oxygen atoms in total. The number of aromatic nitrogens is 3. The average Bonchev–Trinajstić information content (AvgIpc) is 2.90. The van der Waals surface area contributed by atoms with Gasteiger partial charge in [0.25, 0.3) is 0 Å². The maximum absolute atomic E-state index is 13.7. The number of carbonyl (C=O) groups excluding carboxylic acids is 1. The first-order valence-corrected chi connectivity index (χ1v) is 11.2. The van der Waals surface area contributed by atoms with Crippen LogP contribution in [0.5, 0.6) is 0 Å². The van der Waals surface area contributed by atoms with Gasteiger partial charge in [0.15, 0.2) is 5.82 Å². The monoisotopic (exact) mass is 429 g/mol. The fraction of sp³-hybridized carbons (Fsp3) is 0.360. The summed E-state index contributed by atoms with van der Waals surface area (Å²) in [4.78, 5) is 22.1. The number of hydrogen-bond acceptors (Lipinski definition) is 6. The summed E-state index contributed by atoms with van der Waals surface area (Å²) < 4.78 is 5.60. The Bertz CT molecular complexity index is 1030. The Morgan fingerprint density at radius 3 is 2.31 bits per heavy atom. The largest absolute Gasteiger partial charge is 0.381 e. The molecule has 2 saturated heterocycles. The molecule has 5 rings (SSSR count). The van der Waals surface area contributed by atoms with Crippen molar-refractivity contribution >= 4 is 11.7 Å². The summed E-state index contributed by atoms with van der Waals surface area (Å²) in [5.74, 6) is 1.07. The number of carbonyl (C=O) groups is 1. The zero-order valence-corrected chi connectivity index (χ0v) is 18.1. The molecule has 0 saturated carbocycles. The number of amides is 1. The lowest BCUT2D eigenvalue weighted by molar-refractivity contribution is -0.141. The van der Waals surface area contributed by atoms with E-state index in [9.17, 15) is 4.79 Å². The van der Waals surface area contributed by atoms with Crippen LogP contribution in [0.4, 0.5) is 5.82 Å². The molecule has 164 valence electrons. The highest BCUT2D eigenvalue weighted by molar-refractivity contribution is 5.88. The van der Waals surface area contributed by atoms with Crippen molar-refractivity contribution in [3.05, 3.63) is 72.6 Å². The summed E-state index contributed by atoms with van der Waals surface area (Å²) >= 11 is 0. The molecule has 32 heavy (non-hydrogen) atoms. The summed E-state index contributed by atoms with van der Waals surface area (Å²) in [6, 6.07) is 18.0. The van der Waals surface area contributed by atoms with Crippen LogP contribution in [0.1, 0.15) is 18.4 Å². The molecule has 2 aliphatic heterocycles. The number of anilines is 1. The summed E-state index contributed by atoms with van der Waals surface area (Å²) in [5, 5.41) is 8.80. The van der Waals surface area contributed by atoms with E-state index in [4.69, 9.17) is 4.74 Å². The third-order valence-electron chi connectivity index (χ3n) is 6.58. The lowest BCUT2D eigenvalue weighted by atomic mass is 9.73. The van der Waals surface area contributed by atoms with Gasteiger partial charge in [-0.3, -0.25) is 9.78 Å². The van der Waals surface area contributed by atoms with Gasteiger partial charge < -0.3 is 14.5 Å². The standard InChI is InChI=1S/C25H27N5O2/c31-24(25(10-17-32-18-11-25)21-6-2-1-3-7-21)30-15-13-29(14-16-30)23-9-8-22(27-28-23)20-5-4-12-26-19-20/h1-9,12,19H,10-11,13-18H2. The van der Waals surface area contributed by atoms with Gasteiger partial charge in [0.05, 0.1) is 11.1 Å². The molecule has 0 atom stereocenters. The molecule has 0 radical (unpaired) electrons. The molecule has 4 heterocycles. The minimum atomic E-state index is -0.479. The molecule has 0 unspecified atom stereocenters. The maximum atomic E-state index is 13.7. The Morgan fingerprint density at radius 1 is 0.875 bits per heavy atom. The molecule has 3 aromatic rings. The molecular weight excluding hydrogens is 402 g/mol. The summed E-state index contributed by atoms with van der Waals surface area (Å²) in [7, 11) is 0. The van der Waals surface area contributed by atoms with Crippen LogP contribution < -0.4 is 4.90 Å². The van der Waals surface area contributed by atoms with Crippen molar-refractivity contribution in [2.45, 2.75) is 18.3 Å². The second-order valence-corrected chi connectivity index (χ2v) is 8.36. The minimum Gasteiger partial charge on any atom is -0.381 e. The van der Waals surface area contributed by atoms with Crippen molar-refractivity contribution in [1.82, 2.24) is 20.1 Å². The van der Waals surface area contributed by atoms with E-state index in [1.165, 1.54) is 0 Å². The first-order chi connectivity index (χ1) is 15.8. The van der Waals surface area contributed by atoms with Crippen LogP contribution in [0.15, 0.2) is 67.0 Å². The van der Waals surface area contributed by atoms with Crippen molar-refractivity contribution in [2.24, 2.45) is 0 Å². The van der Waals surface area contributed by atoms with E-state index < -0.39 is 5.41 Å². The Balaban J connectivity index is 1.27. The van der Waals surface area contributed by atoms with Crippen LogP contribution in [0.3, 0.4) is 0 Å². The quantitative estimate of drug-likeness (QED) is 0.635. The molecule has 7 heteroatoms. The minimum absolute atomic E-state index is 0.227. The van der Waals surface area contributed by atoms with E-state index in [1.807, 2.05) is 47.4 Å². The highest BCUT2D eigenvalue weighted by Crippen LogP contribution is 2.37. The third-order valence-corrected chi connectivity index (χ3v) is 6.58. The Kier molecular flexibility index (Phi) is 5.81. The first-order valence-electron chi connectivity index (χ1n) is 11.2. The predicted molar refractivity (Wildman–Crippen MR) is 122 cm³/mol. The van der Waals surface area contributed by atoms with Crippen molar-refractivity contribution < 1.29 is 9.53 Å². The molecule has 0 spiro atoms. The smallest absolute Gasteiger partial charge is 0.233 e. The summed E-state index contributed by atoms with van der Waals surface area (Å²) in [6.45, 7) is 4.10. The highest BCUT2D eigenvalue weighted by Gasteiger charge is 2.44. The number of pyridine rings is 1. The summed E-state index contributed by atoms with van der Waals surface area (Å²) in [5.41, 5.74) is 2.38. The summed E-state index contributed by atoms with van der Waals surface area (Å²) in [6.07, 6.45) is 5.00. The number of benzene rings is 1. The molecule has 0 N–H and O–H groups in total. The molecule has 1 aromatic carbocycles. The molecule has 0 bridgehead atoms. The van der Waals surface area contributed by atoms with Crippen LogP contribution >= 0.6 is 0 Å². The van der Waals surface area contributed by atoms with E-state index >= 15 is 0 Å². The van der Waals surface area contributed by atoms with Gasteiger partial charge in [0.2, 0.25) is 5.91 Å². The van der Waals surface area contributed by atoms with Gasteiger partial charge in [-0.15, -0.1) is 10.2 Å². The fourth-order valence-electron chi connectivity index (χ4n) is 4.71. The van der Waals surface area contributed by atoms with Crippen molar-refractivity contribution in [2.75, 3.05) is 44.3 Å². The number of nitrogens with zero attached hydrogens (tertiary/aromatic N) is 5. The van der Waals surface area contributed by atoms with Crippen LogP contribution in [-0.4, -0.2) is 65.4 Å². The van der Waals surface area contributed by atoms with Crippen molar-refractivity contribution in [3.8, 4) is 11.3 Å². The van der Waals surface area contributed by atoms with E-state index in [0.29, 0.717) is 26.3 Å². The SMILES string of the molecule is O=C(N1CCN(c2ccc(-c3cccnc3)nn2)CC1)C1(c2ccccc2)CCOCC1. The third kappa shape index (κ3) is 3.96. The molecule has 2 aromatic heterocycles. The van der Waals surface area contributed by atoms with E-state index in [-0.39, 0.29) is 5.91 Å². The topological polar surface area (TPSA) is 71.5 Å². The molecule has 0 aliphatic carbocycles. The lowest BCUT2D eigenvalue weighted by Crippen LogP contribution is -2.56. The normalized spacial score (nSPS) is 18.4. The Labute approximate surface area is 188 Å². The van der Waals surface area contributed by atoms with Crippen LogP contribution in [0.2, 0.25) is 0 Å². The van der Waals surface area contributed by atoms with Gasteiger partial charge in [-0.05, 0) is 42.7 Å². The van der Waals surface area contributed by atoms with Crippen LogP contribution in [0.25, 0.3) is 11.3 Å². The second-order valence-electron chi connectivity index (χ2n) is 8.36. The van der Waals surface area contributed by atoms with Gasteiger partial charge in [-0.25, -0.2) is 0 Å². The van der Waals surface area contributed by atoms with E-state index in [0.717, 1.165) is 48.6 Å². The van der Waals surface area contributed by atoms with Gasteiger partial charge in [0.1, 0.15) is 0 Å². The van der Waals surface area contributed by atoms with Crippen LogP contribution in [-0.2, 0) is 14.9 Å². The predicted octanol–water partition coefficient (Wildman–Crippen LogP) is 2.94. The van der Waals surface area contributed by atoms with Gasteiger partial charge >= 0.3 is 0 Å². The van der Waals surface area contributed by atoms with Crippen LogP contribution in [0, 0.1) is 0 Å². The Morgan fingerprint density at radius 2 is 1.66 bits per heavy atom. The average molecular weight is 430 g/mol. The van der Waals surface area contributed by atoms with E-state index in [2.05, 4.69) is 32.2 Å². The fourth-order valence-corrected chi connectivity index (χ4v) is 4.71. The second kappa shape index (κ2) is 9.04. The molecular formula is C25H27N5O2. The Hall–Kier alpha value is -3.32.